The summed E-state index contributed by atoms with van der Waals surface area (Å²) in [5, 5.41) is 13.3. The monoisotopic (exact) mass is 248 g/mol. The van der Waals surface area contributed by atoms with Crippen molar-refractivity contribution < 1.29 is 0 Å². The van der Waals surface area contributed by atoms with E-state index in [0.717, 1.165) is 12.1 Å². The highest BCUT2D eigenvalue weighted by Crippen LogP contribution is 2.35. The molecule has 0 bridgehead atoms. The van der Waals surface area contributed by atoms with Gasteiger partial charge in [-0.2, -0.15) is 5.26 Å². The summed E-state index contributed by atoms with van der Waals surface area (Å²) in [7, 11) is 0. The van der Waals surface area contributed by atoms with Gasteiger partial charge in [-0.15, -0.1) is 0 Å². The second kappa shape index (κ2) is 4.98. The molecule has 1 aromatic carbocycles. The van der Waals surface area contributed by atoms with Gasteiger partial charge in [-0.05, 0) is 37.5 Å². The molecule has 0 radical (unpaired) electrons. The van der Waals surface area contributed by atoms with Gasteiger partial charge in [0.15, 0.2) is 0 Å². The Bertz CT molecular complexity index is 434. The molecule has 0 aromatic heterocycles. The summed E-state index contributed by atoms with van der Waals surface area (Å²) in [6.07, 6.45) is 4.74. The summed E-state index contributed by atoms with van der Waals surface area (Å²) >= 11 is 5.94. The zero-order valence-electron chi connectivity index (χ0n) is 10.0. The van der Waals surface area contributed by atoms with Crippen LogP contribution < -0.4 is 5.32 Å². The molecule has 0 heterocycles. The van der Waals surface area contributed by atoms with E-state index < -0.39 is 5.54 Å². The van der Waals surface area contributed by atoms with Crippen molar-refractivity contribution in [1.29, 1.82) is 5.26 Å². The van der Waals surface area contributed by atoms with Crippen LogP contribution in [-0.4, -0.2) is 5.54 Å². The molecule has 3 heteroatoms. The van der Waals surface area contributed by atoms with Gasteiger partial charge in [0.2, 0.25) is 0 Å². The summed E-state index contributed by atoms with van der Waals surface area (Å²) in [6.45, 7) is 1.96. The van der Waals surface area contributed by atoms with E-state index in [9.17, 15) is 5.26 Å². The normalized spacial score (nSPS) is 18.9. The van der Waals surface area contributed by atoms with Gasteiger partial charge in [-0.25, -0.2) is 0 Å². The highest BCUT2D eigenvalue weighted by atomic mass is 35.5. The Labute approximate surface area is 108 Å². The third-order valence-corrected chi connectivity index (χ3v) is 3.65. The molecule has 0 aliphatic heterocycles. The topological polar surface area (TPSA) is 35.8 Å². The maximum Gasteiger partial charge on any atom is 0.122 e. The van der Waals surface area contributed by atoms with E-state index in [-0.39, 0.29) is 0 Å². The largest absolute Gasteiger partial charge is 0.368 e. The predicted octanol–water partition coefficient (Wildman–Crippen LogP) is 4.22. The first kappa shape index (κ1) is 12.3. The molecule has 17 heavy (non-hydrogen) atoms. The molecule has 0 amide bonds. The molecule has 1 atom stereocenters. The molecule has 0 spiro atoms. The molecule has 1 aliphatic rings. The Hall–Kier alpha value is -1.20. The van der Waals surface area contributed by atoms with Crippen molar-refractivity contribution in [2.24, 2.45) is 5.92 Å². The fourth-order valence-corrected chi connectivity index (χ4v) is 2.47. The fraction of sp³-hybridized carbons (Fsp3) is 0.500. The zero-order valence-corrected chi connectivity index (χ0v) is 10.8. The second-order valence-electron chi connectivity index (χ2n) is 5.08. The molecule has 1 N–H and O–H groups in total. The van der Waals surface area contributed by atoms with E-state index in [1.807, 2.05) is 31.2 Å². The number of anilines is 1. The van der Waals surface area contributed by atoms with Crippen molar-refractivity contribution in [1.82, 2.24) is 0 Å². The van der Waals surface area contributed by atoms with Crippen LogP contribution in [0.25, 0.3) is 0 Å². The molecule has 1 unspecified atom stereocenters. The fourth-order valence-electron chi connectivity index (χ4n) is 2.28. The third kappa shape index (κ3) is 3.14. The molecule has 1 saturated carbocycles. The molecule has 0 saturated heterocycles. The summed E-state index contributed by atoms with van der Waals surface area (Å²) in [6, 6.07) is 9.93. The number of nitrogens with zero attached hydrogens (tertiary/aromatic N) is 1. The first-order chi connectivity index (χ1) is 8.11. The minimum absolute atomic E-state index is 0.490. The lowest BCUT2D eigenvalue weighted by molar-refractivity contribution is 0.267. The van der Waals surface area contributed by atoms with Crippen LogP contribution >= 0.6 is 11.6 Å². The maximum atomic E-state index is 9.34. The second-order valence-corrected chi connectivity index (χ2v) is 5.52. The van der Waals surface area contributed by atoms with E-state index in [1.165, 1.54) is 19.3 Å². The molecule has 90 valence electrons. The summed E-state index contributed by atoms with van der Waals surface area (Å²) < 4.78 is 0. The average molecular weight is 249 g/mol. The van der Waals surface area contributed by atoms with Crippen LogP contribution in [0.4, 0.5) is 5.69 Å². The van der Waals surface area contributed by atoms with Gasteiger partial charge in [-0.3, -0.25) is 0 Å². The number of hydrogen-bond acceptors (Lipinski definition) is 2. The van der Waals surface area contributed by atoms with E-state index in [2.05, 4.69) is 11.4 Å². The van der Waals surface area contributed by atoms with Gasteiger partial charge in [0.05, 0.1) is 6.07 Å². The van der Waals surface area contributed by atoms with Gasteiger partial charge in [-0.1, -0.05) is 36.9 Å². The van der Waals surface area contributed by atoms with Crippen molar-refractivity contribution >= 4 is 17.3 Å². The van der Waals surface area contributed by atoms with Crippen LogP contribution in [0.3, 0.4) is 0 Å². The first-order valence-electron chi connectivity index (χ1n) is 6.06. The standard InChI is InChI=1S/C14H17ClN2/c1-14(10-16,9-11-4-2-5-11)17-13-7-3-6-12(15)8-13/h3,6-8,11,17H,2,4-5,9H2,1H3. The van der Waals surface area contributed by atoms with E-state index in [1.54, 1.807) is 0 Å². The number of nitriles is 1. The van der Waals surface area contributed by atoms with Crippen molar-refractivity contribution in [2.75, 3.05) is 5.32 Å². The zero-order chi connectivity index (χ0) is 12.3. The molecule has 2 nitrogen and oxygen atoms in total. The van der Waals surface area contributed by atoms with Crippen LogP contribution in [0.5, 0.6) is 0 Å². The van der Waals surface area contributed by atoms with Gasteiger partial charge in [0.1, 0.15) is 5.54 Å². The highest BCUT2D eigenvalue weighted by Gasteiger charge is 2.30. The molecule has 2 rings (SSSR count). The average Bonchev–Trinajstić information content (AvgIpc) is 2.24. The molecular formula is C14H17ClN2. The molecular weight excluding hydrogens is 232 g/mol. The first-order valence-corrected chi connectivity index (χ1v) is 6.44. The lowest BCUT2D eigenvalue weighted by Gasteiger charge is -2.33. The highest BCUT2D eigenvalue weighted by molar-refractivity contribution is 6.30. The summed E-state index contributed by atoms with van der Waals surface area (Å²) in [5.74, 6) is 0.700. The number of benzene rings is 1. The lowest BCUT2D eigenvalue weighted by Crippen LogP contribution is -2.36. The Morgan fingerprint density at radius 2 is 2.29 bits per heavy atom. The number of hydrogen-bond donors (Lipinski definition) is 1. The van der Waals surface area contributed by atoms with Crippen molar-refractivity contribution in [3.8, 4) is 6.07 Å². The van der Waals surface area contributed by atoms with Gasteiger partial charge in [0, 0.05) is 10.7 Å². The lowest BCUT2D eigenvalue weighted by atomic mass is 9.77. The predicted molar refractivity (Wildman–Crippen MR) is 71.1 cm³/mol. The Kier molecular flexibility index (Phi) is 3.59. The van der Waals surface area contributed by atoms with Gasteiger partial charge >= 0.3 is 0 Å². The SMILES string of the molecule is CC(C#N)(CC1CCC1)Nc1cccc(Cl)c1. The summed E-state index contributed by atoms with van der Waals surface area (Å²) in [5.41, 5.74) is 0.427. The molecule has 1 aromatic rings. The van der Waals surface area contributed by atoms with Crippen LogP contribution in [0.1, 0.15) is 32.6 Å². The number of halogens is 1. The van der Waals surface area contributed by atoms with Gasteiger partial charge < -0.3 is 5.32 Å². The van der Waals surface area contributed by atoms with E-state index >= 15 is 0 Å². The minimum Gasteiger partial charge on any atom is -0.368 e. The summed E-state index contributed by atoms with van der Waals surface area (Å²) in [4.78, 5) is 0. The van der Waals surface area contributed by atoms with Crippen LogP contribution in [0.15, 0.2) is 24.3 Å². The van der Waals surface area contributed by atoms with Crippen molar-refractivity contribution in [3.63, 3.8) is 0 Å². The quantitative estimate of drug-likeness (QED) is 0.866. The van der Waals surface area contributed by atoms with Gasteiger partial charge in [0.25, 0.3) is 0 Å². The third-order valence-electron chi connectivity index (χ3n) is 3.41. The Morgan fingerprint density at radius 1 is 1.53 bits per heavy atom. The van der Waals surface area contributed by atoms with Crippen LogP contribution in [0, 0.1) is 17.2 Å². The Morgan fingerprint density at radius 3 is 2.82 bits per heavy atom. The molecule has 1 aliphatic carbocycles. The van der Waals surface area contributed by atoms with Crippen LogP contribution in [-0.2, 0) is 0 Å². The Balaban J connectivity index is 2.05. The number of rotatable bonds is 4. The minimum atomic E-state index is -0.490. The number of nitrogens with one attached hydrogen (secondary N) is 1. The van der Waals surface area contributed by atoms with E-state index in [4.69, 9.17) is 11.6 Å². The van der Waals surface area contributed by atoms with Crippen LogP contribution in [0.2, 0.25) is 5.02 Å². The smallest absolute Gasteiger partial charge is 0.122 e. The van der Waals surface area contributed by atoms with Crippen molar-refractivity contribution in [2.45, 2.75) is 38.1 Å². The van der Waals surface area contributed by atoms with E-state index in [0.29, 0.717) is 10.9 Å². The maximum absolute atomic E-state index is 9.34. The van der Waals surface area contributed by atoms with Crippen molar-refractivity contribution in [3.05, 3.63) is 29.3 Å². The molecule has 1 fully saturated rings.